The molecule has 26 heavy (non-hydrogen) atoms. The summed E-state index contributed by atoms with van der Waals surface area (Å²) in [7, 11) is 1.47. The lowest BCUT2D eigenvalue weighted by molar-refractivity contribution is -0.384. The molecular formula is C18H17N3O5. The number of ether oxygens (including phenoxy) is 1. The molecule has 134 valence electrons. The van der Waals surface area contributed by atoms with Gasteiger partial charge in [0.05, 0.1) is 17.7 Å². The number of methoxy groups -OCH3 is 1. The molecule has 0 fully saturated rings. The number of nitro benzene ring substituents is 1. The molecule has 2 amide bonds. The van der Waals surface area contributed by atoms with Gasteiger partial charge in [0.1, 0.15) is 5.75 Å². The summed E-state index contributed by atoms with van der Waals surface area (Å²) in [4.78, 5) is 33.5. The standard InChI is InChI=1S/C18H17N3O5/c1-12(22)19-16-11-14(7-8-17(16)26-2)20-18(23)9-6-13-4-3-5-15(10-13)21(24)25/h3-11H,1-2H3,(H,19,22)(H,20,23). The Morgan fingerprint density at radius 3 is 2.58 bits per heavy atom. The highest BCUT2D eigenvalue weighted by Gasteiger charge is 2.08. The molecule has 8 heteroatoms. The van der Waals surface area contributed by atoms with Crippen molar-refractivity contribution in [2.75, 3.05) is 17.7 Å². The van der Waals surface area contributed by atoms with Crippen LogP contribution >= 0.6 is 0 Å². The van der Waals surface area contributed by atoms with E-state index in [1.165, 1.54) is 38.3 Å². The van der Waals surface area contributed by atoms with Crippen LogP contribution in [0.15, 0.2) is 48.5 Å². The molecule has 0 bridgehead atoms. The van der Waals surface area contributed by atoms with Crippen LogP contribution in [0.2, 0.25) is 0 Å². The van der Waals surface area contributed by atoms with Gasteiger partial charge in [0, 0.05) is 30.8 Å². The first kappa shape index (κ1) is 18.7. The highest BCUT2D eigenvalue weighted by Crippen LogP contribution is 2.27. The van der Waals surface area contributed by atoms with Crippen molar-refractivity contribution in [2.24, 2.45) is 0 Å². The zero-order chi connectivity index (χ0) is 19.1. The number of hydrogen-bond donors (Lipinski definition) is 2. The van der Waals surface area contributed by atoms with Crippen LogP contribution in [0.1, 0.15) is 12.5 Å². The molecule has 0 radical (unpaired) electrons. The van der Waals surface area contributed by atoms with E-state index in [0.717, 1.165) is 0 Å². The third-order valence-electron chi connectivity index (χ3n) is 3.29. The third-order valence-corrected chi connectivity index (χ3v) is 3.29. The van der Waals surface area contributed by atoms with Gasteiger partial charge in [-0.15, -0.1) is 0 Å². The maximum atomic E-state index is 12.0. The Balaban J connectivity index is 2.11. The van der Waals surface area contributed by atoms with E-state index < -0.39 is 10.8 Å². The molecule has 0 atom stereocenters. The van der Waals surface area contributed by atoms with E-state index in [-0.39, 0.29) is 11.6 Å². The normalized spacial score (nSPS) is 10.4. The van der Waals surface area contributed by atoms with Gasteiger partial charge in [0.25, 0.3) is 5.69 Å². The van der Waals surface area contributed by atoms with Gasteiger partial charge in [-0.25, -0.2) is 0 Å². The van der Waals surface area contributed by atoms with Crippen LogP contribution in [0.25, 0.3) is 6.08 Å². The molecule has 0 heterocycles. The monoisotopic (exact) mass is 355 g/mol. The van der Waals surface area contributed by atoms with Crippen LogP contribution in [0, 0.1) is 10.1 Å². The summed E-state index contributed by atoms with van der Waals surface area (Å²) in [6, 6.07) is 10.7. The molecule has 2 aromatic rings. The number of amides is 2. The van der Waals surface area contributed by atoms with Crippen molar-refractivity contribution < 1.29 is 19.2 Å². The number of nitrogens with one attached hydrogen (secondary N) is 2. The number of rotatable bonds is 6. The Kier molecular flexibility index (Phi) is 6.05. The maximum Gasteiger partial charge on any atom is 0.270 e. The average Bonchev–Trinajstić information content (AvgIpc) is 2.60. The molecule has 0 aliphatic carbocycles. The Morgan fingerprint density at radius 2 is 1.92 bits per heavy atom. The summed E-state index contributed by atoms with van der Waals surface area (Å²) < 4.78 is 5.15. The minimum absolute atomic E-state index is 0.0531. The van der Waals surface area contributed by atoms with E-state index in [4.69, 9.17) is 4.74 Å². The quantitative estimate of drug-likeness (QED) is 0.469. The summed E-state index contributed by atoms with van der Waals surface area (Å²) in [5.74, 6) is -0.224. The number of carbonyl (C=O) groups is 2. The number of non-ortho nitro benzene ring substituents is 1. The number of hydrogen-bond acceptors (Lipinski definition) is 5. The van der Waals surface area contributed by atoms with Crippen LogP contribution in [0.4, 0.5) is 17.1 Å². The van der Waals surface area contributed by atoms with Gasteiger partial charge in [-0.1, -0.05) is 12.1 Å². The molecule has 0 aliphatic rings. The van der Waals surface area contributed by atoms with E-state index in [9.17, 15) is 19.7 Å². The highest BCUT2D eigenvalue weighted by atomic mass is 16.6. The minimum atomic E-state index is -0.502. The number of nitro groups is 1. The van der Waals surface area contributed by atoms with Gasteiger partial charge in [-0.2, -0.15) is 0 Å². The number of benzene rings is 2. The first-order valence-corrected chi connectivity index (χ1v) is 7.58. The second kappa shape index (κ2) is 8.43. The molecule has 8 nitrogen and oxygen atoms in total. The predicted octanol–water partition coefficient (Wildman–Crippen LogP) is 3.21. The highest BCUT2D eigenvalue weighted by molar-refractivity contribution is 6.02. The minimum Gasteiger partial charge on any atom is -0.495 e. The molecule has 0 aliphatic heterocycles. The van der Waals surface area contributed by atoms with Gasteiger partial charge in [-0.3, -0.25) is 19.7 Å². The first-order chi connectivity index (χ1) is 12.4. The fourth-order valence-electron chi connectivity index (χ4n) is 2.17. The molecule has 0 spiro atoms. The summed E-state index contributed by atoms with van der Waals surface area (Å²) in [5, 5.41) is 16.0. The van der Waals surface area contributed by atoms with E-state index in [1.54, 1.807) is 30.3 Å². The average molecular weight is 355 g/mol. The lowest BCUT2D eigenvalue weighted by Gasteiger charge is -2.11. The smallest absolute Gasteiger partial charge is 0.270 e. The molecule has 0 saturated carbocycles. The topological polar surface area (TPSA) is 111 Å². The second-order valence-electron chi connectivity index (χ2n) is 5.27. The summed E-state index contributed by atoms with van der Waals surface area (Å²) in [6.45, 7) is 1.37. The van der Waals surface area contributed by atoms with Crippen molar-refractivity contribution in [2.45, 2.75) is 6.92 Å². The number of anilines is 2. The molecule has 0 saturated heterocycles. The lowest BCUT2D eigenvalue weighted by Crippen LogP contribution is -2.10. The maximum absolute atomic E-state index is 12.0. The Labute approximate surface area is 149 Å². The summed E-state index contributed by atoms with van der Waals surface area (Å²) in [5.41, 5.74) is 1.37. The van der Waals surface area contributed by atoms with Crippen LogP contribution in [-0.4, -0.2) is 23.8 Å². The molecular weight excluding hydrogens is 338 g/mol. The Bertz CT molecular complexity index is 877. The van der Waals surface area contributed by atoms with E-state index in [0.29, 0.717) is 22.7 Å². The van der Waals surface area contributed by atoms with Crippen LogP contribution in [0.5, 0.6) is 5.75 Å². The molecule has 0 aromatic heterocycles. The molecule has 0 unspecified atom stereocenters. The van der Waals surface area contributed by atoms with Crippen molar-refractivity contribution in [3.8, 4) is 5.75 Å². The Morgan fingerprint density at radius 1 is 1.15 bits per heavy atom. The molecule has 2 rings (SSSR count). The number of carbonyl (C=O) groups excluding carboxylic acids is 2. The largest absolute Gasteiger partial charge is 0.495 e. The van der Waals surface area contributed by atoms with E-state index >= 15 is 0 Å². The van der Waals surface area contributed by atoms with Crippen molar-refractivity contribution in [3.05, 3.63) is 64.2 Å². The van der Waals surface area contributed by atoms with E-state index in [2.05, 4.69) is 10.6 Å². The van der Waals surface area contributed by atoms with Gasteiger partial charge >= 0.3 is 0 Å². The van der Waals surface area contributed by atoms with E-state index in [1.807, 2.05) is 0 Å². The lowest BCUT2D eigenvalue weighted by atomic mass is 10.2. The third kappa shape index (κ3) is 5.17. The van der Waals surface area contributed by atoms with Gasteiger partial charge in [0.2, 0.25) is 11.8 Å². The number of nitrogens with zero attached hydrogens (tertiary/aromatic N) is 1. The van der Waals surface area contributed by atoms with Crippen LogP contribution in [-0.2, 0) is 9.59 Å². The molecule has 2 aromatic carbocycles. The molecule has 2 N–H and O–H groups in total. The van der Waals surface area contributed by atoms with Crippen molar-refractivity contribution in [1.29, 1.82) is 0 Å². The van der Waals surface area contributed by atoms with Gasteiger partial charge in [-0.05, 0) is 29.8 Å². The SMILES string of the molecule is COc1ccc(NC(=O)C=Cc2cccc([N+](=O)[O-])c2)cc1NC(C)=O. The van der Waals surface area contributed by atoms with Gasteiger partial charge < -0.3 is 15.4 Å². The second-order valence-corrected chi connectivity index (χ2v) is 5.27. The fourth-order valence-corrected chi connectivity index (χ4v) is 2.17. The van der Waals surface area contributed by atoms with Crippen LogP contribution in [0.3, 0.4) is 0 Å². The van der Waals surface area contributed by atoms with Crippen LogP contribution < -0.4 is 15.4 Å². The zero-order valence-electron chi connectivity index (χ0n) is 14.2. The Hall–Kier alpha value is -3.68. The van der Waals surface area contributed by atoms with Crippen molar-refractivity contribution >= 4 is 35.0 Å². The zero-order valence-corrected chi connectivity index (χ0v) is 14.2. The fraction of sp³-hybridized carbons (Fsp3) is 0.111. The first-order valence-electron chi connectivity index (χ1n) is 7.58. The van der Waals surface area contributed by atoms with Crippen molar-refractivity contribution in [3.63, 3.8) is 0 Å². The van der Waals surface area contributed by atoms with Crippen molar-refractivity contribution in [1.82, 2.24) is 0 Å². The predicted molar refractivity (Wildman–Crippen MR) is 98.1 cm³/mol. The summed E-state index contributed by atoms with van der Waals surface area (Å²) >= 11 is 0. The summed E-state index contributed by atoms with van der Waals surface area (Å²) in [6.07, 6.45) is 2.74. The van der Waals surface area contributed by atoms with Gasteiger partial charge in [0.15, 0.2) is 0 Å².